The number of para-hydroxylation sites is 1. The summed E-state index contributed by atoms with van der Waals surface area (Å²) in [6.07, 6.45) is 7.85. The van der Waals surface area contributed by atoms with Gasteiger partial charge in [-0.15, -0.1) is 0 Å². The lowest BCUT2D eigenvalue weighted by Crippen LogP contribution is -2.35. The Balaban J connectivity index is 1.69. The zero-order valence-corrected chi connectivity index (χ0v) is 13.0. The van der Waals surface area contributed by atoms with Gasteiger partial charge in [0.15, 0.2) is 0 Å². The van der Waals surface area contributed by atoms with Crippen LogP contribution in [0.1, 0.15) is 44.7 Å². The molecule has 0 bridgehead atoms. The normalized spacial score (nSPS) is 16.8. The Morgan fingerprint density at radius 3 is 2.81 bits per heavy atom. The van der Waals surface area contributed by atoms with Crippen molar-refractivity contribution < 1.29 is 0 Å². The van der Waals surface area contributed by atoms with Gasteiger partial charge in [-0.1, -0.05) is 50.5 Å². The van der Waals surface area contributed by atoms with E-state index in [4.69, 9.17) is 4.98 Å². The first-order chi connectivity index (χ1) is 10.3. The van der Waals surface area contributed by atoms with Gasteiger partial charge in [0.25, 0.3) is 0 Å². The van der Waals surface area contributed by atoms with E-state index < -0.39 is 0 Å². The SMILES string of the molecule is CCCNC(Cc1ccc2ccccc2n1)CC1CCC1. The molecule has 0 spiro atoms. The Morgan fingerprint density at radius 2 is 2.05 bits per heavy atom. The summed E-state index contributed by atoms with van der Waals surface area (Å²) in [5, 5.41) is 4.96. The zero-order valence-electron chi connectivity index (χ0n) is 13.0. The van der Waals surface area contributed by atoms with Crippen LogP contribution in [-0.2, 0) is 6.42 Å². The van der Waals surface area contributed by atoms with Crippen LogP contribution in [0, 0.1) is 5.92 Å². The Morgan fingerprint density at radius 1 is 1.19 bits per heavy atom. The molecule has 1 saturated carbocycles. The Labute approximate surface area is 128 Å². The molecule has 1 aromatic carbocycles. The molecule has 1 aliphatic rings. The average Bonchev–Trinajstić information content (AvgIpc) is 2.48. The number of benzene rings is 1. The smallest absolute Gasteiger partial charge is 0.0705 e. The van der Waals surface area contributed by atoms with Gasteiger partial charge in [0.2, 0.25) is 0 Å². The van der Waals surface area contributed by atoms with E-state index in [9.17, 15) is 0 Å². The maximum absolute atomic E-state index is 4.83. The number of hydrogen-bond donors (Lipinski definition) is 1. The number of fused-ring (bicyclic) bond motifs is 1. The van der Waals surface area contributed by atoms with Crippen LogP contribution in [0.4, 0.5) is 0 Å². The molecule has 1 N–H and O–H groups in total. The molecule has 2 aromatic rings. The van der Waals surface area contributed by atoms with Crippen LogP contribution < -0.4 is 5.32 Å². The third kappa shape index (κ3) is 3.82. The van der Waals surface area contributed by atoms with E-state index in [-0.39, 0.29) is 0 Å². The highest BCUT2D eigenvalue weighted by Crippen LogP contribution is 2.31. The largest absolute Gasteiger partial charge is 0.314 e. The highest BCUT2D eigenvalue weighted by atomic mass is 14.9. The average molecular weight is 282 g/mol. The minimum absolute atomic E-state index is 0.587. The van der Waals surface area contributed by atoms with Crippen molar-refractivity contribution in [2.24, 2.45) is 5.92 Å². The molecule has 1 unspecified atom stereocenters. The lowest BCUT2D eigenvalue weighted by molar-refractivity contribution is 0.258. The van der Waals surface area contributed by atoms with Gasteiger partial charge < -0.3 is 5.32 Å². The van der Waals surface area contributed by atoms with Crippen molar-refractivity contribution in [3.8, 4) is 0 Å². The number of rotatable bonds is 7. The molecule has 1 aliphatic carbocycles. The summed E-state index contributed by atoms with van der Waals surface area (Å²) in [5.74, 6) is 0.944. The van der Waals surface area contributed by atoms with E-state index >= 15 is 0 Å². The van der Waals surface area contributed by atoms with E-state index in [1.54, 1.807) is 0 Å². The predicted molar refractivity (Wildman–Crippen MR) is 89.5 cm³/mol. The molecule has 112 valence electrons. The van der Waals surface area contributed by atoms with Crippen molar-refractivity contribution in [2.75, 3.05) is 6.54 Å². The third-order valence-electron chi connectivity index (χ3n) is 4.64. The second-order valence-corrected chi connectivity index (χ2v) is 6.38. The highest BCUT2D eigenvalue weighted by molar-refractivity contribution is 5.78. The second-order valence-electron chi connectivity index (χ2n) is 6.38. The molecule has 21 heavy (non-hydrogen) atoms. The van der Waals surface area contributed by atoms with Crippen LogP contribution in [0.5, 0.6) is 0 Å². The van der Waals surface area contributed by atoms with Gasteiger partial charge >= 0.3 is 0 Å². The molecule has 2 heteroatoms. The topological polar surface area (TPSA) is 24.9 Å². The van der Waals surface area contributed by atoms with Crippen LogP contribution in [0.15, 0.2) is 36.4 Å². The lowest BCUT2D eigenvalue weighted by atomic mass is 9.80. The highest BCUT2D eigenvalue weighted by Gasteiger charge is 2.22. The molecular formula is C19H26N2. The summed E-state index contributed by atoms with van der Waals surface area (Å²) in [6, 6.07) is 13.4. The van der Waals surface area contributed by atoms with Gasteiger partial charge in [0.1, 0.15) is 0 Å². The van der Waals surface area contributed by atoms with Crippen LogP contribution in [0.25, 0.3) is 10.9 Å². The molecule has 0 aliphatic heterocycles. The molecule has 1 heterocycles. The van der Waals surface area contributed by atoms with Crippen molar-refractivity contribution in [3.05, 3.63) is 42.1 Å². The maximum Gasteiger partial charge on any atom is 0.0705 e. The van der Waals surface area contributed by atoms with Gasteiger partial charge in [0, 0.05) is 23.5 Å². The second kappa shape index (κ2) is 7.04. The van der Waals surface area contributed by atoms with Crippen molar-refractivity contribution >= 4 is 10.9 Å². The van der Waals surface area contributed by atoms with E-state index in [1.165, 1.54) is 43.2 Å². The summed E-state index contributed by atoms with van der Waals surface area (Å²) < 4.78 is 0. The number of aromatic nitrogens is 1. The monoisotopic (exact) mass is 282 g/mol. The number of pyridine rings is 1. The van der Waals surface area contributed by atoms with Gasteiger partial charge in [-0.25, -0.2) is 0 Å². The van der Waals surface area contributed by atoms with E-state index in [1.807, 2.05) is 0 Å². The molecular weight excluding hydrogens is 256 g/mol. The summed E-state index contributed by atoms with van der Waals surface area (Å²) in [7, 11) is 0. The van der Waals surface area contributed by atoms with E-state index in [0.29, 0.717) is 6.04 Å². The van der Waals surface area contributed by atoms with Gasteiger partial charge in [0.05, 0.1) is 5.52 Å². The molecule has 1 aromatic heterocycles. The molecule has 1 atom stereocenters. The molecule has 0 radical (unpaired) electrons. The molecule has 0 amide bonds. The molecule has 2 nitrogen and oxygen atoms in total. The van der Waals surface area contributed by atoms with Crippen molar-refractivity contribution in [1.29, 1.82) is 0 Å². The quantitative estimate of drug-likeness (QED) is 0.817. The number of nitrogens with one attached hydrogen (secondary N) is 1. The summed E-state index contributed by atoms with van der Waals surface area (Å²) in [5.41, 5.74) is 2.34. The number of hydrogen-bond acceptors (Lipinski definition) is 2. The van der Waals surface area contributed by atoms with E-state index in [0.717, 1.165) is 24.4 Å². The van der Waals surface area contributed by atoms with Crippen molar-refractivity contribution in [1.82, 2.24) is 10.3 Å². The third-order valence-corrected chi connectivity index (χ3v) is 4.64. The standard InChI is InChI=1S/C19H26N2/c1-2-12-20-18(13-15-6-5-7-15)14-17-11-10-16-8-3-4-9-19(16)21-17/h3-4,8-11,15,18,20H,2,5-7,12-14H2,1H3. The van der Waals surface area contributed by atoms with Crippen LogP contribution in [0.2, 0.25) is 0 Å². The van der Waals surface area contributed by atoms with Gasteiger partial charge in [-0.3, -0.25) is 4.98 Å². The van der Waals surface area contributed by atoms with E-state index in [2.05, 4.69) is 48.6 Å². The predicted octanol–water partition coefficient (Wildman–Crippen LogP) is 4.34. The first kappa shape index (κ1) is 14.5. The maximum atomic E-state index is 4.83. The fourth-order valence-corrected chi connectivity index (χ4v) is 3.19. The minimum atomic E-state index is 0.587. The first-order valence-electron chi connectivity index (χ1n) is 8.43. The Hall–Kier alpha value is -1.41. The van der Waals surface area contributed by atoms with Crippen LogP contribution in [0.3, 0.4) is 0 Å². The zero-order chi connectivity index (χ0) is 14.5. The Bertz CT molecular complexity index is 575. The fourth-order valence-electron chi connectivity index (χ4n) is 3.19. The van der Waals surface area contributed by atoms with Crippen LogP contribution >= 0.6 is 0 Å². The summed E-state index contributed by atoms with van der Waals surface area (Å²) in [4.78, 5) is 4.83. The number of nitrogens with zero attached hydrogens (tertiary/aromatic N) is 1. The fraction of sp³-hybridized carbons (Fsp3) is 0.526. The Kier molecular flexibility index (Phi) is 4.87. The van der Waals surface area contributed by atoms with Crippen LogP contribution in [-0.4, -0.2) is 17.6 Å². The van der Waals surface area contributed by atoms with Crippen molar-refractivity contribution in [3.63, 3.8) is 0 Å². The summed E-state index contributed by atoms with van der Waals surface area (Å²) >= 11 is 0. The van der Waals surface area contributed by atoms with Crippen molar-refractivity contribution in [2.45, 2.75) is 51.5 Å². The minimum Gasteiger partial charge on any atom is -0.314 e. The van der Waals surface area contributed by atoms with Gasteiger partial charge in [-0.2, -0.15) is 0 Å². The van der Waals surface area contributed by atoms with Gasteiger partial charge in [-0.05, 0) is 37.4 Å². The lowest BCUT2D eigenvalue weighted by Gasteiger charge is -2.30. The summed E-state index contributed by atoms with van der Waals surface area (Å²) in [6.45, 7) is 3.35. The molecule has 3 rings (SSSR count). The molecule has 1 fully saturated rings. The first-order valence-corrected chi connectivity index (χ1v) is 8.43. The molecule has 0 saturated heterocycles.